The molecule has 1 aromatic carbocycles. The van der Waals surface area contributed by atoms with Crippen molar-refractivity contribution in [1.29, 1.82) is 0 Å². The highest BCUT2D eigenvalue weighted by Crippen LogP contribution is 2.36. The smallest absolute Gasteiger partial charge is 0.163 e. The zero-order valence-electron chi connectivity index (χ0n) is 12.5. The largest absolute Gasteiger partial charge is 0.349 e. The fraction of sp³-hybridized carbons (Fsp3) is 0.647. The summed E-state index contributed by atoms with van der Waals surface area (Å²) in [5, 5.41) is 0. The first-order valence-electron chi connectivity index (χ1n) is 7.76. The van der Waals surface area contributed by atoms with Crippen molar-refractivity contribution in [3.05, 3.63) is 35.9 Å². The van der Waals surface area contributed by atoms with Gasteiger partial charge in [-0.15, -0.1) is 0 Å². The molecule has 3 nitrogen and oxygen atoms in total. The van der Waals surface area contributed by atoms with Crippen molar-refractivity contribution in [3.8, 4) is 0 Å². The van der Waals surface area contributed by atoms with E-state index < -0.39 is 5.79 Å². The molecule has 0 radical (unpaired) electrons. The van der Waals surface area contributed by atoms with Gasteiger partial charge in [0.05, 0.1) is 12.6 Å². The Morgan fingerprint density at radius 2 is 1.75 bits per heavy atom. The van der Waals surface area contributed by atoms with Crippen molar-refractivity contribution in [2.24, 2.45) is 0 Å². The van der Waals surface area contributed by atoms with Crippen LogP contribution in [-0.2, 0) is 9.47 Å². The van der Waals surface area contributed by atoms with Crippen LogP contribution in [0, 0.1) is 0 Å². The van der Waals surface area contributed by atoms with Gasteiger partial charge in [-0.1, -0.05) is 36.8 Å². The molecule has 0 unspecified atom stereocenters. The predicted octanol–water partition coefficient (Wildman–Crippen LogP) is 3.37. The summed E-state index contributed by atoms with van der Waals surface area (Å²) in [5.74, 6) is -0.493. The van der Waals surface area contributed by atoms with Crippen molar-refractivity contribution >= 4 is 0 Å². The molecule has 0 bridgehead atoms. The van der Waals surface area contributed by atoms with Crippen molar-refractivity contribution < 1.29 is 9.47 Å². The number of nitrogens with zero attached hydrogens (tertiary/aromatic N) is 1. The number of hydrogen-bond acceptors (Lipinski definition) is 3. The Balaban J connectivity index is 1.83. The van der Waals surface area contributed by atoms with Gasteiger partial charge in [0.2, 0.25) is 0 Å². The van der Waals surface area contributed by atoms with Gasteiger partial charge in [-0.05, 0) is 45.3 Å². The van der Waals surface area contributed by atoms with Crippen molar-refractivity contribution in [1.82, 2.24) is 4.90 Å². The summed E-state index contributed by atoms with van der Waals surface area (Å²) in [5.41, 5.74) is 1.26. The summed E-state index contributed by atoms with van der Waals surface area (Å²) >= 11 is 0. The van der Waals surface area contributed by atoms with Crippen LogP contribution < -0.4 is 0 Å². The van der Waals surface area contributed by atoms with Crippen LogP contribution in [0.2, 0.25) is 0 Å². The lowest BCUT2D eigenvalue weighted by Crippen LogP contribution is -2.53. The van der Waals surface area contributed by atoms with Gasteiger partial charge in [0.25, 0.3) is 0 Å². The average molecular weight is 275 g/mol. The molecule has 2 saturated heterocycles. The lowest BCUT2D eigenvalue weighted by Gasteiger charge is -2.46. The van der Waals surface area contributed by atoms with E-state index in [1.54, 1.807) is 0 Å². The SMILES string of the molecule is CC1(C)OC[C@@H](N2CCCCC2)[C@@H](c2ccccc2)O1. The normalized spacial score (nSPS) is 31.1. The third-order valence-corrected chi connectivity index (χ3v) is 4.35. The summed E-state index contributed by atoms with van der Waals surface area (Å²) in [4.78, 5) is 2.55. The van der Waals surface area contributed by atoms with Crippen molar-refractivity contribution in [2.45, 2.75) is 51.0 Å². The van der Waals surface area contributed by atoms with E-state index in [-0.39, 0.29) is 6.10 Å². The number of rotatable bonds is 2. The molecule has 0 saturated carbocycles. The quantitative estimate of drug-likeness (QED) is 0.826. The Kier molecular flexibility index (Phi) is 4.11. The van der Waals surface area contributed by atoms with Gasteiger partial charge < -0.3 is 9.47 Å². The fourth-order valence-corrected chi connectivity index (χ4v) is 3.27. The molecule has 2 aliphatic heterocycles. The molecule has 0 spiro atoms. The first-order valence-corrected chi connectivity index (χ1v) is 7.76. The molecule has 0 aromatic heterocycles. The zero-order chi connectivity index (χ0) is 14.0. The second-order valence-electron chi connectivity index (χ2n) is 6.32. The van der Waals surface area contributed by atoms with Crippen LogP contribution in [0.1, 0.15) is 44.8 Å². The highest BCUT2D eigenvalue weighted by Gasteiger charge is 2.40. The Labute approximate surface area is 121 Å². The molecular formula is C17H25NO2. The van der Waals surface area contributed by atoms with E-state index in [0.717, 1.165) is 6.61 Å². The van der Waals surface area contributed by atoms with Gasteiger partial charge in [-0.25, -0.2) is 0 Å². The van der Waals surface area contributed by atoms with Crippen LogP contribution in [0.3, 0.4) is 0 Å². The minimum Gasteiger partial charge on any atom is -0.349 e. The highest BCUT2D eigenvalue weighted by molar-refractivity contribution is 5.20. The van der Waals surface area contributed by atoms with Crippen molar-refractivity contribution in [2.75, 3.05) is 19.7 Å². The third-order valence-electron chi connectivity index (χ3n) is 4.35. The molecule has 2 atom stereocenters. The number of benzene rings is 1. The van der Waals surface area contributed by atoms with Gasteiger partial charge in [-0.3, -0.25) is 4.90 Å². The van der Waals surface area contributed by atoms with E-state index in [1.165, 1.54) is 37.9 Å². The standard InChI is InChI=1S/C17H25NO2/c1-17(2)19-13-15(18-11-7-4-8-12-18)16(20-17)14-9-5-3-6-10-14/h3,5-6,9-10,15-16H,4,7-8,11-13H2,1-2H3/t15-,16-/m1/s1. The van der Waals surface area contributed by atoms with Crippen LogP contribution in [-0.4, -0.2) is 36.4 Å². The van der Waals surface area contributed by atoms with Crippen molar-refractivity contribution in [3.63, 3.8) is 0 Å². The van der Waals surface area contributed by atoms with Crippen LogP contribution in [0.4, 0.5) is 0 Å². The lowest BCUT2D eigenvalue weighted by molar-refractivity contribution is -0.297. The Morgan fingerprint density at radius 3 is 2.45 bits per heavy atom. The van der Waals surface area contributed by atoms with Gasteiger partial charge in [0.15, 0.2) is 5.79 Å². The maximum atomic E-state index is 6.26. The van der Waals surface area contributed by atoms with Crippen LogP contribution in [0.5, 0.6) is 0 Å². The summed E-state index contributed by atoms with van der Waals surface area (Å²) in [6, 6.07) is 10.9. The molecule has 20 heavy (non-hydrogen) atoms. The molecule has 110 valence electrons. The van der Waals surface area contributed by atoms with E-state index in [1.807, 2.05) is 13.8 Å². The van der Waals surface area contributed by atoms with E-state index >= 15 is 0 Å². The predicted molar refractivity (Wildman–Crippen MR) is 79.5 cm³/mol. The molecule has 2 aliphatic rings. The Bertz CT molecular complexity index is 426. The molecular weight excluding hydrogens is 250 g/mol. The van der Waals surface area contributed by atoms with Gasteiger partial charge in [0, 0.05) is 0 Å². The summed E-state index contributed by atoms with van der Waals surface area (Å²) in [6.45, 7) is 7.11. The van der Waals surface area contributed by atoms with Gasteiger partial charge in [-0.2, -0.15) is 0 Å². The molecule has 3 heteroatoms. The van der Waals surface area contributed by atoms with E-state index in [9.17, 15) is 0 Å². The number of likely N-dealkylation sites (tertiary alicyclic amines) is 1. The first kappa shape index (κ1) is 14.1. The van der Waals surface area contributed by atoms with Crippen LogP contribution >= 0.6 is 0 Å². The highest BCUT2D eigenvalue weighted by atomic mass is 16.7. The number of hydrogen-bond donors (Lipinski definition) is 0. The zero-order valence-corrected chi connectivity index (χ0v) is 12.5. The number of ether oxygens (including phenoxy) is 2. The van der Waals surface area contributed by atoms with E-state index in [0.29, 0.717) is 6.04 Å². The molecule has 0 aliphatic carbocycles. The van der Waals surface area contributed by atoms with E-state index in [4.69, 9.17) is 9.47 Å². The monoisotopic (exact) mass is 275 g/mol. The minimum atomic E-state index is -0.493. The van der Waals surface area contributed by atoms with Gasteiger partial charge >= 0.3 is 0 Å². The van der Waals surface area contributed by atoms with Crippen LogP contribution in [0.25, 0.3) is 0 Å². The molecule has 1 aromatic rings. The molecule has 2 fully saturated rings. The van der Waals surface area contributed by atoms with E-state index in [2.05, 4.69) is 35.2 Å². The first-order chi connectivity index (χ1) is 9.66. The summed E-state index contributed by atoms with van der Waals surface area (Å²) in [6.07, 6.45) is 4.05. The molecule has 0 amide bonds. The minimum absolute atomic E-state index is 0.109. The third kappa shape index (κ3) is 3.05. The maximum Gasteiger partial charge on any atom is 0.163 e. The molecule has 3 rings (SSSR count). The Hall–Kier alpha value is -0.900. The topological polar surface area (TPSA) is 21.7 Å². The van der Waals surface area contributed by atoms with Gasteiger partial charge in [0.1, 0.15) is 6.10 Å². The molecule has 2 heterocycles. The lowest BCUT2D eigenvalue weighted by atomic mass is 9.97. The average Bonchev–Trinajstić information content (AvgIpc) is 2.48. The second kappa shape index (κ2) is 5.84. The maximum absolute atomic E-state index is 6.26. The van der Waals surface area contributed by atoms with Crippen LogP contribution in [0.15, 0.2) is 30.3 Å². The Morgan fingerprint density at radius 1 is 1.05 bits per heavy atom. The fourth-order valence-electron chi connectivity index (χ4n) is 3.27. The summed E-state index contributed by atoms with van der Waals surface area (Å²) in [7, 11) is 0. The number of piperidine rings is 1. The second-order valence-corrected chi connectivity index (χ2v) is 6.32. The molecule has 0 N–H and O–H groups in total. The summed E-state index contributed by atoms with van der Waals surface area (Å²) < 4.78 is 12.2.